The monoisotopic (exact) mass is 381 g/mol. The van der Waals surface area contributed by atoms with Crippen molar-refractivity contribution in [2.24, 2.45) is 0 Å². The normalized spacial score (nSPS) is 10.7. The number of hydrogen-bond acceptors (Lipinski definition) is 5. The van der Waals surface area contributed by atoms with Gasteiger partial charge in [-0.1, -0.05) is 35.5 Å². The third kappa shape index (κ3) is 3.83. The van der Waals surface area contributed by atoms with Crippen LogP contribution < -0.4 is 5.32 Å². The van der Waals surface area contributed by atoms with E-state index in [0.717, 1.165) is 5.56 Å². The SMILES string of the molecule is CCOC(=O)c1c(C)c(C(=O)Nc2cc(C)on2)c(C)n1Cc1ccccc1. The summed E-state index contributed by atoms with van der Waals surface area (Å²) in [5.41, 5.74) is 3.08. The van der Waals surface area contributed by atoms with Gasteiger partial charge in [0, 0.05) is 18.3 Å². The van der Waals surface area contributed by atoms with E-state index in [-0.39, 0.29) is 12.5 Å². The lowest BCUT2D eigenvalue weighted by molar-refractivity contribution is 0.0513. The van der Waals surface area contributed by atoms with Gasteiger partial charge in [-0.3, -0.25) is 4.79 Å². The molecule has 0 bridgehead atoms. The van der Waals surface area contributed by atoms with E-state index in [2.05, 4.69) is 10.5 Å². The molecule has 0 aliphatic carbocycles. The number of anilines is 1. The Balaban J connectivity index is 2.03. The van der Waals surface area contributed by atoms with E-state index in [0.29, 0.717) is 40.6 Å². The molecule has 1 amide bonds. The Hall–Kier alpha value is -3.35. The van der Waals surface area contributed by atoms with Crippen LogP contribution in [0.5, 0.6) is 0 Å². The summed E-state index contributed by atoms with van der Waals surface area (Å²) < 4.78 is 12.1. The molecule has 0 saturated carbocycles. The minimum atomic E-state index is -0.449. The van der Waals surface area contributed by atoms with Crippen LogP contribution in [0, 0.1) is 20.8 Å². The van der Waals surface area contributed by atoms with Crippen molar-refractivity contribution in [3.8, 4) is 0 Å². The first-order valence-corrected chi connectivity index (χ1v) is 9.07. The molecule has 28 heavy (non-hydrogen) atoms. The number of hydrogen-bond donors (Lipinski definition) is 1. The number of esters is 1. The molecule has 0 unspecified atom stereocenters. The van der Waals surface area contributed by atoms with Gasteiger partial charge in [0.1, 0.15) is 11.5 Å². The Morgan fingerprint density at radius 1 is 1.18 bits per heavy atom. The number of ether oxygens (including phenoxy) is 1. The molecule has 1 aromatic carbocycles. The van der Waals surface area contributed by atoms with Crippen LogP contribution in [-0.2, 0) is 11.3 Å². The van der Waals surface area contributed by atoms with Crippen molar-refractivity contribution in [3.05, 3.63) is 70.2 Å². The predicted octanol–water partition coefficient (Wildman–Crippen LogP) is 3.88. The molecule has 0 radical (unpaired) electrons. The summed E-state index contributed by atoms with van der Waals surface area (Å²) in [4.78, 5) is 25.5. The Labute approximate surface area is 163 Å². The number of carbonyl (C=O) groups excluding carboxylic acids is 2. The fourth-order valence-corrected chi connectivity index (χ4v) is 3.26. The molecule has 146 valence electrons. The second kappa shape index (κ2) is 8.12. The van der Waals surface area contributed by atoms with Crippen molar-refractivity contribution < 1.29 is 18.8 Å². The number of carbonyl (C=O) groups is 2. The van der Waals surface area contributed by atoms with Crippen LogP contribution >= 0.6 is 0 Å². The maximum absolute atomic E-state index is 12.9. The average Bonchev–Trinajstić information content (AvgIpc) is 3.17. The number of benzene rings is 1. The molecule has 7 heteroatoms. The van der Waals surface area contributed by atoms with Gasteiger partial charge in [-0.2, -0.15) is 0 Å². The molecular formula is C21H23N3O4. The van der Waals surface area contributed by atoms with Crippen molar-refractivity contribution in [1.82, 2.24) is 9.72 Å². The van der Waals surface area contributed by atoms with E-state index >= 15 is 0 Å². The topological polar surface area (TPSA) is 86.4 Å². The van der Waals surface area contributed by atoms with Crippen LogP contribution in [0.25, 0.3) is 0 Å². The van der Waals surface area contributed by atoms with Crippen molar-refractivity contribution >= 4 is 17.7 Å². The minimum Gasteiger partial charge on any atom is -0.461 e. The fourth-order valence-electron chi connectivity index (χ4n) is 3.26. The lowest BCUT2D eigenvalue weighted by Gasteiger charge is -2.12. The van der Waals surface area contributed by atoms with Gasteiger partial charge in [-0.25, -0.2) is 4.79 Å². The predicted molar refractivity (Wildman–Crippen MR) is 105 cm³/mol. The van der Waals surface area contributed by atoms with Gasteiger partial charge in [0.05, 0.1) is 12.2 Å². The third-order valence-electron chi connectivity index (χ3n) is 4.52. The fraction of sp³-hybridized carbons (Fsp3) is 0.286. The first-order valence-electron chi connectivity index (χ1n) is 9.07. The summed E-state index contributed by atoms with van der Waals surface area (Å²) in [7, 11) is 0. The summed E-state index contributed by atoms with van der Waals surface area (Å²) in [6, 6.07) is 11.4. The molecule has 0 spiro atoms. The number of aromatic nitrogens is 2. The van der Waals surface area contributed by atoms with Gasteiger partial charge >= 0.3 is 5.97 Å². The summed E-state index contributed by atoms with van der Waals surface area (Å²) in [6.07, 6.45) is 0. The van der Waals surface area contributed by atoms with Gasteiger partial charge in [0.15, 0.2) is 5.82 Å². The van der Waals surface area contributed by atoms with Crippen LogP contribution in [0.2, 0.25) is 0 Å². The van der Waals surface area contributed by atoms with Crippen molar-refractivity contribution in [2.45, 2.75) is 34.2 Å². The maximum atomic E-state index is 12.9. The lowest BCUT2D eigenvalue weighted by atomic mass is 10.1. The highest BCUT2D eigenvalue weighted by Crippen LogP contribution is 2.25. The molecule has 2 heterocycles. The van der Waals surface area contributed by atoms with E-state index in [1.54, 1.807) is 26.8 Å². The van der Waals surface area contributed by atoms with Gasteiger partial charge in [-0.15, -0.1) is 0 Å². The third-order valence-corrected chi connectivity index (χ3v) is 4.52. The zero-order valence-corrected chi connectivity index (χ0v) is 16.4. The smallest absolute Gasteiger partial charge is 0.355 e. The molecule has 3 aromatic rings. The second-order valence-corrected chi connectivity index (χ2v) is 6.50. The van der Waals surface area contributed by atoms with Crippen LogP contribution in [0.4, 0.5) is 5.82 Å². The Bertz CT molecular complexity index is 1000. The highest BCUT2D eigenvalue weighted by Gasteiger charge is 2.27. The molecule has 1 N–H and O–H groups in total. The first-order chi connectivity index (χ1) is 13.4. The molecule has 7 nitrogen and oxygen atoms in total. The van der Waals surface area contributed by atoms with Gasteiger partial charge in [0.2, 0.25) is 0 Å². The summed E-state index contributed by atoms with van der Waals surface area (Å²) in [6.45, 7) is 7.79. The minimum absolute atomic E-state index is 0.258. The van der Waals surface area contributed by atoms with E-state index < -0.39 is 5.97 Å². The van der Waals surface area contributed by atoms with E-state index in [4.69, 9.17) is 9.26 Å². The molecule has 0 atom stereocenters. The molecule has 0 aliphatic heterocycles. The first kappa shape index (κ1) is 19.4. The zero-order chi connectivity index (χ0) is 20.3. The Morgan fingerprint density at radius 2 is 1.89 bits per heavy atom. The second-order valence-electron chi connectivity index (χ2n) is 6.50. The molecule has 0 saturated heterocycles. The van der Waals surface area contributed by atoms with Crippen LogP contribution in [0.1, 0.15) is 50.4 Å². The Morgan fingerprint density at radius 3 is 2.50 bits per heavy atom. The summed E-state index contributed by atoms with van der Waals surface area (Å²) >= 11 is 0. The summed E-state index contributed by atoms with van der Waals surface area (Å²) in [5, 5.41) is 6.52. The zero-order valence-electron chi connectivity index (χ0n) is 16.4. The lowest BCUT2D eigenvalue weighted by Crippen LogP contribution is -2.15. The summed E-state index contributed by atoms with van der Waals surface area (Å²) in [5.74, 6) is 0.128. The maximum Gasteiger partial charge on any atom is 0.355 e. The number of amides is 1. The molecule has 2 aromatic heterocycles. The number of nitrogens with one attached hydrogen (secondary N) is 1. The average molecular weight is 381 g/mol. The molecular weight excluding hydrogens is 358 g/mol. The largest absolute Gasteiger partial charge is 0.461 e. The van der Waals surface area contributed by atoms with Crippen LogP contribution in [0.15, 0.2) is 40.9 Å². The van der Waals surface area contributed by atoms with Crippen molar-refractivity contribution in [2.75, 3.05) is 11.9 Å². The van der Waals surface area contributed by atoms with Gasteiger partial charge in [-0.05, 0) is 38.8 Å². The van der Waals surface area contributed by atoms with E-state index in [1.165, 1.54) is 0 Å². The van der Waals surface area contributed by atoms with Crippen LogP contribution in [-0.4, -0.2) is 28.2 Å². The van der Waals surface area contributed by atoms with Crippen LogP contribution in [0.3, 0.4) is 0 Å². The quantitative estimate of drug-likeness (QED) is 0.655. The Kier molecular flexibility index (Phi) is 5.63. The highest BCUT2D eigenvalue weighted by molar-refractivity contribution is 6.08. The number of aryl methyl sites for hydroxylation is 1. The van der Waals surface area contributed by atoms with Crippen molar-refractivity contribution in [3.63, 3.8) is 0 Å². The number of nitrogens with zero attached hydrogens (tertiary/aromatic N) is 2. The number of rotatable bonds is 6. The molecule has 0 aliphatic rings. The van der Waals surface area contributed by atoms with E-state index in [1.807, 2.05) is 41.8 Å². The van der Waals surface area contributed by atoms with Crippen molar-refractivity contribution in [1.29, 1.82) is 0 Å². The molecule has 0 fully saturated rings. The van der Waals surface area contributed by atoms with E-state index in [9.17, 15) is 9.59 Å². The standard InChI is InChI=1S/C21H23N3O4/c1-5-27-21(26)19-14(3)18(20(25)22-17-11-13(2)28-23-17)15(4)24(19)12-16-9-7-6-8-10-16/h6-11H,5,12H2,1-4H3,(H,22,23,25). The van der Waals surface area contributed by atoms with Gasteiger partial charge in [0.25, 0.3) is 5.91 Å². The van der Waals surface area contributed by atoms with Gasteiger partial charge < -0.3 is 19.1 Å². The molecule has 3 rings (SSSR count). The highest BCUT2D eigenvalue weighted by atomic mass is 16.5.